The molecule has 0 saturated carbocycles. The highest BCUT2D eigenvalue weighted by molar-refractivity contribution is 7.47. The van der Waals surface area contributed by atoms with Crippen molar-refractivity contribution in [2.45, 2.75) is 39.5 Å². The van der Waals surface area contributed by atoms with Gasteiger partial charge in [0.1, 0.15) is 0 Å². The third-order valence-corrected chi connectivity index (χ3v) is 2.90. The lowest BCUT2D eigenvalue weighted by Gasteiger charge is -2.10. The van der Waals surface area contributed by atoms with E-state index in [2.05, 4.69) is 0 Å². The fourth-order valence-corrected chi connectivity index (χ4v) is 1.83. The monoisotopic (exact) mass is 262 g/mol. The van der Waals surface area contributed by atoms with Gasteiger partial charge in [-0.15, -0.1) is 0 Å². The molecule has 0 atom stereocenters. The normalized spacial score (nSPS) is 15.7. The van der Waals surface area contributed by atoms with Crippen LogP contribution in [-0.2, 0) is 13.6 Å². The molecule has 0 aliphatic heterocycles. The average Bonchev–Trinajstić information content (AvgIpc) is 2.28. The molecule has 0 saturated heterocycles. The van der Waals surface area contributed by atoms with Crippen LogP contribution >= 0.6 is 7.82 Å². The van der Waals surface area contributed by atoms with E-state index in [9.17, 15) is 9.46 Å². The highest BCUT2D eigenvalue weighted by Gasteiger charge is 2.19. The van der Waals surface area contributed by atoms with Gasteiger partial charge in [-0.05, 0) is 25.7 Å². The van der Waals surface area contributed by atoms with Crippen LogP contribution in [0.3, 0.4) is 0 Å². The summed E-state index contributed by atoms with van der Waals surface area (Å²) in [5.41, 5.74) is 0. The van der Waals surface area contributed by atoms with Crippen molar-refractivity contribution in [2.24, 2.45) is 0 Å². The first-order valence-electron chi connectivity index (χ1n) is 6.04. The Morgan fingerprint density at radius 1 is 0.941 bits per heavy atom. The summed E-state index contributed by atoms with van der Waals surface area (Å²) in [4.78, 5) is 9.29. The molecule has 0 radical (unpaired) electrons. The van der Waals surface area contributed by atoms with E-state index in [0.29, 0.717) is 12.8 Å². The fraction of sp³-hybridized carbons (Fsp3) is 0.667. The minimum atomic E-state index is -3.86. The van der Waals surface area contributed by atoms with Crippen LogP contribution in [-0.4, -0.2) is 18.1 Å². The van der Waals surface area contributed by atoms with Crippen LogP contribution in [0, 0.1) is 0 Å². The van der Waals surface area contributed by atoms with E-state index in [1.807, 2.05) is 38.2 Å². The van der Waals surface area contributed by atoms with Crippen molar-refractivity contribution in [2.75, 3.05) is 13.2 Å². The van der Waals surface area contributed by atoms with E-state index in [1.165, 1.54) is 0 Å². The van der Waals surface area contributed by atoms with Crippen LogP contribution in [0.5, 0.6) is 0 Å². The van der Waals surface area contributed by atoms with Gasteiger partial charge in [0, 0.05) is 0 Å². The molecular formula is C12H23O4P. The second-order valence-corrected chi connectivity index (χ2v) is 4.93. The Bertz CT molecular complexity index is 250. The molecule has 0 aromatic rings. The molecule has 0 fully saturated rings. The van der Waals surface area contributed by atoms with Gasteiger partial charge in [-0.2, -0.15) is 0 Å². The number of phosphoric ester groups is 1. The van der Waals surface area contributed by atoms with E-state index in [0.717, 1.165) is 12.8 Å². The Hall–Kier alpha value is -0.410. The van der Waals surface area contributed by atoms with Gasteiger partial charge in [0.25, 0.3) is 0 Å². The Morgan fingerprint density at radius 3 is 1.71 bits per heavy atom. The molecule has 0 aromatic carbocycles. The van der Waals surface area contributed by atoms with Crippen LogP contribution < -0.4 is 0 Å². The van der Waals surface area contributed by atoms with Crippen molar-refractivity contribution >= 4 is 7.82 Å². The van der Waals surface area contributed by atoms with Crippen molar-refractivity contribution in [1.82, 2.24) is 0 Å². The van der Waals surface area contributed by atoms with E-state index in [1.54, 1.807) is 0 Å². The van der Waals surface area contributed by atoms with Gasteiger partial charge in [-0.1, -0.05) is 38.2 Å². The largest absolute Gasteiger partial charge is 0.472 e. The first kappa shape index (κ1) is 16.6. The molecule has 4 nitrogen and oxygen atoms in total. The lowest BCUT2D eigenvalue weighted by molar-refractivity contribution is 0.153. The van der Waals surface area contributed by atoms with Crippen LogP contribution in [0.25, 0.3) is 0 Å². The third kappa shape index (κ3) is 11.8. The van der Waals surface area contributed by atoms with Gasteiger partial charge in [0.05, 0.1) is 13.2 Å². The number of rotatable bonds is 10. The zero-order valence-corrected chi connectivity index (χ0v) is 11.6. The maximum atomic E-state index is 11.3. The summed E-state index contributed by atoms with van der Waals surface area (Å²) in [7, 11) is -3.86. The van der Waals surface area contributed by atoms with Gasteiger partial charge < -0.3 is 4.89 Å². The van der Waals surface area contributed by atoms with Gasteiger partial charge in [0.2, 0.25) is 0 Å². The van der Waals surface area contributed by atoms with Crippen molar-refractivity contribution < 1.29 is 18.5 Å². The lowest BCUT2D eigenvalue weighted by Crippen LogP contribution is -1.97. The molecule has 0 spiro atoms. The summed E-state index contributed by atoms with van der Waals surface area (Å²) in [5, 5.41) is 0. The summed E-state index contributed by atoms with van der Waals surface area (Å²) in [6.45, 7) is 4.46. The molecule has 0 aliphatic carbocycles. The second kappa shape index (κ2) is 10.7. The smallest absolute Gasteiger partial charge is 0.302 e. The van der Waals surface area contributed by atoms with Crippen molar-refractivity contribution in [3.05, 3.63) is 24.3 Å². The summed E-state index contributed by atoms with van der Waals surface area (Å²) in [6, 6.07) is 0. The Kier molecular flexibility index (Phi) is 10.5. The number of hydrogen-bond acceptors (Lipinski definition) is 3. The molecule has 5 heteroatoms. The molecule has 0 heterocycles. The maximum absolute atomic E-state index is 11.3. The SMILES string of the molecule is CCC=CCCOP(=O)(O)OCCC=CCC. The molecule has 0 aliphatic rings. The molecule has 1 N–H and O–H groups in total. The van der Waals surface area contributed by atoms with Crippen LogP contribution in [0.15, 0.2) is 24.3 Å². The van der Waals surface area contributed by atoms with Gasteiger partial charge in [0.15, 0.2) is 0 Å². The average molecular weight is 262 g/mol. The Balaban J connectivity index is 3.62. The van der Waals surface area contributed by atoms with E-state index in [4.69, 9.17) is 9.05 Å². The summed E-state index contributed by atoms with van der Waals surface area (Å²) >= 11 is 0. The van der Waals surface area contributed by atoms with E-state index < -0.39 is 7.82 Å². The van der Waals surface area contributed by atoms with Crippen LogP contribution in [0.2, 0.25) is 0 Å². The standard InChI is InChI=1S/C12H23O4P/c1-3-5-7-9-11-15-17(13,14)16-12-10-8-6-4-2/h5-8H,3-4,9-12H2,1-2H3,(H,13,14). The molecule has 0 rings (SSSR count). The Labute approximate surface area is 104 Å². The van der Waals surface area contributed by atoms with Gasteiger partial charge in [-0.25, -0.2) is 4.57 Å². The van der Waals surface area contributed by atoms with Gasteiger partial charge in [-0.3, -0.25) is 9.05 Å². The molecular weight excluding hydrogens is 239 g/mol. The lowest BCUT2D eigenvalue weighted by atomic mass is 10.3. The summed E-state index contributed by atoms with van der Waals surface area (Å²) in [5.74, 6) is 0. The van der Waals surface area contributed by atoms with Crippen molar-refractivity contribution in [3.63, 3.8) is 0 Å². The molecule has 0 unspecified atom stereocenters. The number of allylic oxidation sites excluding steroid dienone is 2. The number of hydrogen-bond donors (Lipinski definition) is 1. The Morgan fingerprint density at radius 2 is 1.35 bits per heavy atom. The quantitative estimate of drug-likeness (QED) is 0.369. The number of phosphoric acid groups is 1. The molecule has 0 amide bonds. The van der Waals surface area contributed by atoms with Crippen molar-refractivity contribution in [1.29, 1.82) is 0 Å². The fourth-order valence-electron chi connectivity index (χ4n) is 1.08. The first-order valence-corrected chi connectivity index (χ1v) is 7.53. The third-order valence-electron chi connectivity index (χ3n) is 1.88. The highest BCUT2D eigenvalue weighted by Crippen LogP contribution is 2.43. The summed E-state index contributed by atoms with van der Waals surface area (Å²) < 4.78 is 20.9. The first-order chi connectivity index (χ1) is 8.12. The second-order valence-electron chi connectivity index (χ2n) is 3.47. The van der Waals surface area contributed by atoms with Crippen LogP contribution in [0.1, 0.15) is 39.5 Å². The molecule has 0 aromatic heterocycles. The van der Waals surface area contributed by atoms with E-state index in [-0.39, 0.29) is 13.2 Å². The predicted octanol–water partition coefficient (Wildman–Crippen LogP) is 3.83. The zero-order valence-electron chi connectivity index (χ0n) is 10.7. The highest BCUT2D eigenvalue weighted by atomic mass is 31.2. The molecule has 100 valence electrons. The minimum Gasteiger partial charge on any atom is -0.302 e. The van der Waals surface area contributed by atoms with Gasteiger partial charge >= 0.3 is 7.82 Å². The summed E-state index contributed by atoms with van der Waals surface area (Å²) in [6.07, 6.45) is 11.0. The van der Waals surface area contributed by atoms with E-state index >= 15 is 0 Å². The minimum absolute atomic E-state index is 0.203. The zero-order chi connectivity index (χ0) is 13.0. The van der Waals surface area contributed by atoms with Crippen LogP contribution in [0.4, 0.5) is 0 Å². The maximum Gasteiger partial charge on any atom is 0.472 e. The topological polar surface area (TPSA) is 55.8 Å². The molecule has 17 heavy (non-hydrogen) atoms. The predicted molar refractivity (Wildman–Crippen MR) is 69.8 cm³/mol. The van der Waals surface area contributed by atoms with Crippen molar-refractivity contribution in [3.8, 4) is 0 Å². The molecule has 0 bridgehead atoms.